The Bertz CT molecular complexity index is 726. The molecule has 9 heteroatoms. The van der Waals surface area contributed by atoms with Gasteiger partial charge >= 0.3 is 6.61 Å². The Morgan fingerprint density at radius 1 is 1.44 bits per heavy atom. The van der Waals surface area contributed by atoms with Gasteiger partial charge in [-0.15, -0.1) is 12.4 Å². The van der Waals surface area contributed by atoms with E-state index in [1.54, 1.807) is 23.0 Å². The number of aromatic nitrogens is 2. The van der Waals surface area contributed by atoms with Crippen molar-refractivity contribution < 1.29 is 18.3 Å². The highest BCUT2D eigenvalue weighted by molar-refractivity contribution is 5.93. The van der Waals surface area contributed by atoms with Gasteiger partial charge in [0.1, 0.15) is 5.75 Å². The van der Waals surface area contributed by atoms with Crippen LogP contribution in [-0.2, 0) is 11.8 Å². The van der Waals surface area contributed by atoms with Gasteiger partial charge in [-0.05, 0) is 17.7 Å². The fraction of sp³-hybridized carbons (Fsp3) is 0.375. The van der Waals surface area contributed by atoms with Crippen molar-refractivity contribution in [2.24, 2.45) is 13.0 Å². The Hall–Kier alpha value is -2.19. The number of aryl methyl sites for hydroxylation is 1. The van der Waals surface area contributed by atoms with Gasteiger partial charge in [0.2, 0.25) is 5.91 Å². The fourth-order valence-electron chi connectivity index (χ4n) is 2.92. The molecule has 1 amide bonds. The van der Waals surface area contributed by atoms with Crippen LogP contribution < -0.4 is 15.4 Å². The molecule has 1 fully saturated rings. The van der Waals surface area contributed by atoms with Crippen molar-refractivity contribution in [2.45, 2.75) is 12.5 Å². The van der Waals surface area contributed by atoms with E-state index >= 15 is 0 Å². The summed E-state index contributed by atoms with van der Waals surface area (Å²) in [5, 5.41) is 10.1. The van der Waals surface area contributed by atoms with Gasteiger partial charge in [0.05, 0.1) is 12.1 Å². The van der Waals surface area contributed by atoms with E-state index in [1.165, 1.54) is 12.1 Å². The van der Waals surface area contributed by atoms with E-state index in [1.807, 2.05) is 13.2 Å². The summed E-state index contributed by atoms with van der Waals surface area (Å²) in [4.78, 5) is 12.6. The molecule has 1 aliphatic rings. The van der Waals surface area contributed by atoms with E-state index in [0.717, 1.165) is 5.56 Å². The predicted octanol–water partition coefficient (Wildman–Crippen LogP) is 2.39. The van der Waals surface area contributed by atoms with E-state index in [-0.39, 0.29) is 35.9 Å². The molecule has 136 valence electrons. The molecular weight excluding hydrogens is 354 g/mol. The Labute approximate surface area is 150 Å². The molecule has 0 unspecified atom stereocenters. The van der Waals surface area contributed by atoms with Gasteiger partial charge in [0, 0.05) is 44.0 Å². The Balaban J connectivity index is 0.00000225. The van der Waals surface area contributed by atoms with Crippen LogP contribution in [0.15, 0.2) is 36.7 Å². The Morgan fingerprint density at radius 3 is 2.92 bits per heavy atom. The molecule has 2 aromatic rings. The number of nitrogens with one attached hydrogen (secondary N) is 2. The number of carbonyl (C=O) groups excluding carboxylic acids is 1. The number of rotatable bonds is 5. The number of alkyl halides is 2. The van der Waals surface area contributed by atoms with E-state index in [9.17, 15) is 13.6 Å². The molecule has 1 aliphatic heterocycles. The van der Waals surface area contributed by atoms with Crippen molar-refractivity contribution in [3.05, 3.63) is 42.2 Å². The summed E-state index contributed by atoms with van der Waals surface area (Å²) in [6.07, 6.45) is 3.66. The number of amides is 1. The molecule has 0 spiro atoms. The monoisotopic (exact) mass is 372 g/mol. The third kappa shape index (κ3) is 4.67. The molecule has 6 nitrogen and oxygen atoms in total. The second-order valence-electron chi connectivity index (χ2n) is 5.71. The van der Waals surface area contributed by atoms with Gasteiger partial charge in [0.25, 0.3) is 0 Å². The van der Waals surface area contributed by atoms with Crippen LogP contribution >= 0.6 is 12.4 Å². The average Bonchev–Trinajstić information content (AvgIpc) is 3.15. The zero-order valence-corrected chi connectivity index (χ0v) is 14.3. The van der Waals surface area contributed by atoms with Crippen LogP contribution in [0.3, 0.4) is 0 Å². The number of nitrogens with zero attached hydrogens (tertiary/aromatic N) is 2. The number of anilines is 1. The van der Waals surface area contributed by atoms with Crippen molar-refractivity contribution in [3.8, 4) is 5.75 Å². The molecule has 1 saturated heterocycles. The minimum absolute atomic E-state index is 0. The lowest BCUT2D eigenvalue weighted by Crippen LogP contribution is -2.28. The van der Waals surface area contributed by atoms with Gasteiger partial charge in [-0.1, -0.05) is 6.07 Å². The van der Waals surface area contributed by atoms with Crippen molar-refractivity contribution >= 4 is 24.0 Å². The summed E-state index contributed by atoms with van der Waals surface area (Å²) in [7, 11) is 1.83. The SMILES string of the molecule is Cl.Cn1cc([C@H]2CNC[C@@H]2C(=O)Nc2cccc(OC(F)F)c2)cn1. The summed E-state index contributed by atoms with van der Waals surface area (Å²) >= 11 is 0. The summed E-state index contributed by atoms with van der Waals surface area (Å²) in [6.45, 7) is -1.65. The lowest BCUT2D eigenvalue weighted by molar-refractivity contribution is -0.119. The molecular formula is C16H19ClF2N4O2. The predicted molar refractivity (Wildman–Crippen MR) is 91.3 cm³/mol. The van der Waals surface area contributed by atoms with E-state index in [2.05, 4.69) is 20.5 Å². The van der Waals surface area contributed by atoms with Gasteiger partial charge in [-0.25, -0.2) is 0 Å². The number of halogens is 3. The van der Waals surface area contributed by atoms with Crippen LogP contribution in [0.1, 0.15) is 11.5 Å². The van der Waals surface area contributed by atoms with Crippen LogP contribution in [0, 0.1) is 5.92 Å². The van der Waals surface area contributed by atoms with E-state index < -0.39 is 6.61 Å². The lowest BCUT2D eigenvalue weighted by atomic mass is 9.90. The zero-order valence-electron chi connectivity index (χ0n) is 13.5. The number of benzene rings is 1. The molecule has 0 aliphatic carbocycles. The lowest BCUT2D eigenvalue weighted by Gasteiger charge is -2.17. The first-order valence-electron chi connectivity index (χ1n) is 7.58. The molecule has 0 saturated carbocycles. The van der Waals surface area contributed by atoms with Crippen molar-refractivity contribution in [2.75, 3.05) is 18.4 Å². The number of carbonyl (C=O) groups is 1. The second-order valence-corrected chi connectivity index (χ2v) is 5.71. The highest BCUT2D eigenvalue weighted by Crippen LogP contribution is 2.29. The van der Waals surface area contributed by atoms with Crippen LogP contribution in [-0.4, -0.2) is 35.4 Å². The molecule has 2 N–H and O–H groups in total. The molecule has 3 rings (SSSR count). The van der Waals surface area contributed by atoms with Gasteiger partial charge in [-0.2, -0.15) is 13.9 Å². The number of hydrogen-bond donors (Lipinski definition) is 2. The highest BCUT2D eigenvalue weighted by Gasteiger charge is 2.34. The van der Waals surface area contributed by atoms with E-state index in [0.29, 0.717) is 18.8 Å². The van der Waals surface area contributed by atoms with Crippen LogP contribution in [0.5, 0.6) is 5.75 Å². The maximum absolute atomic E-state index is 12.6. The third-order valence-electron chi connectivity index (χ3n) is 4.03. The summed E-state index contributed by atoms with van der Waals surface area (Å²) in [5.41, 5.74) is 1.42. The largest absolute Gasteiger partial charge is 0.435 e. The molecule has 0 bridgehead atoms. The number of ether oxygens (including phenoxy) is 1. The first-order chi connectivity index (χ1) is 11.5. The van der Waals surface area contributed by atoms with Crippen molar-refractivity contribution in [1.29, 1.82) is 0 Å². The molecule has 2 atom stereocenters. The zero-order chi connectivity index (χ0) is 17.1. The Morgan fingerprint density at radius 2 is 2.24 bits per heavy atom. The van der Waals surface area contributed by atoms with Gasteiger partial charge < -0.3 is 15.4 Å². The quantitative estimate of drug-likeness (QED) is 0.845. The molecule has 25 heavy (non-hydrogen) atoms. The molecule has 1 aromatic carbocycles. The van der Waals surface area contributed by atoms with E-state index in [4.69, 9.17) is 0 Å². The standard InChI is InChI=1S/C16H18F2N4O2.ClH/c1-22-9-10(6-20-22)13-7-19-8-14(13)15(23)21-11-3-2-4-12(5-11)24-16(17)18;/h2-6,9,13-14,16,19H,7-8H2,1H3,(H,21,23);1H/t13-,14+;/m1./s1. The minimum Gasteiger partial charge on any atom is -0.435 e. The van der Waals surface area contributed by atoms with Crippen LogP contribution in [0.2, 0.25) is 0 Å². The minimum atomic E-state index is -2.90. The van der Waals surface area contributed by atoms with Crippen molar-refractivity contribution in [1.82, 2.24) is 15.1 Å². The highest BCUT2D eigenvalue weighted by atomic mass is 35.5. The average molecular weight is 373 g/mol. The molecule has 0 radical (unpaired) electrons. The first kappa shape index (κ1) is 19.1. The Kier molecular flexibility index (Phi) is 6.33. The maximum atomic E-state index is 12.6. The van der Waals surface area contributed by atoms with Crippen LogP contribution in [0.25, 0.3) is 0 Å². The first-order valence-corrected chi connectivity index (χ1v) is 7.58. The summed E-state index contributed by atoms with van der Waals surface area (Å²) in [5.74, 6) is -0.382. The van der Waals surface area contributed by atoms with Crippen molar-refractivity contribution in [3.63, 3.8) is 0 Å². The smallest absolute Gasteiger partial charge is 0.387 e. The fourth-order valence-corrected chi connectivity index (χ4v) is 2.92. The normalized spacial score (nSPS) is 19.5. The topological polar surface area (TPSA) is 68.2 Å². The van der Waals surface area contributed by atoms with Gasteiger partial charge in [-0.3, -0.25) is 9.48 Å². The van der Waals surface area contributed by atoms with Crippen LogP contribution in [0.4, 0.5) is 14.5 Å². The third-order valence-corrected chi connectivity index (χ3v) is 4.03. The summed E-state index contributed by atoms with van der Waals surface area (Å²) < 4.78 is 30.6. The maximum Gasteiger partial charge on any atom is 0.387 e. The summed E-state index contributed by atoms with van der Waals surface area (Å²) in [6, 6.07) is 5.99. The van der Waals surface area contributed by atoms with Gasteiger partial charge in [0.15, 0.2) is 0 Å². The molecule has 2 heterocycles. The number of hydrogen-bond acceptors (Lipinski definition) is 4. The second kappa shape index (κ2) is 8.26. The molecule has 1 aromatic heterocycles.